The zero-order valence-corrected chi connectivity index (χ0v) is 42.4. The Morgan fingerprint density at radius 1 is 0.371 bits per heavy atom. The quantitative estimate of drug-likeness (QED) is 0.0421. The molecule has 0 heterocycles. The first-order valence-corrected chi connectivity index (χ1v) is 28.6. The van der Waals surface area contributed by atoms with Crippen LogP contribution < -0.4 is 5.32 Å². The number of hydrogen-bond acceptors (Lipinski definition) is 3. The second-order valence-electron chi connectivity index (χ2n) is 19.7. The van der Waals surface area contributed by atoms with Gasteiger partial charge in [-0.1, -0.05) is 295 Å². The van der Waals surface area contributed by atoms with E-state index in [1.54, 1.807) is 6.08 Å². The van der Waals surface area contributed by atoms with E-state index >= 15 is 0 Å². The number of rotatable bonds is 53. The van der Waals surface area contributed by atoms with E-state index in [1.807, 2.05) is 6.08 Å². The minimum absolute atomic E-state index is 0.0593. The molecule has 0 aliphatic carbocycles. The van der Waals surface area contributed by atoms with E-state index in [4.69, 9.17) is 0 Å². The van der Waals surface area contributed by atoms with E-state index in [0.29, 0.717) is 6.42 Å². The van der Waals surface area contributed by atoms with Crippen LogP contribution in [0.1, 0.15) is 322 Å². The number of nitrogens with one attached hydrogen (secondary N) is 1. The molecule has 3 N–H and O–H groups in total. The highest BCUT2D eigenvalue weighted by Crippen LogP contribution is 2.17. The Morgan fingerprint density at radius 3 is 0.887 bits per heavy atom. The molecule has 0 fully saturated rings. The van der Waals surface area contributed by atoms with Crippen molar-refractivity contribution in [1.29, 1.82) is 0 Å². The van der Waals surface area contributed by atoms with Crippen LogP contribution in [0.2, 0.25) is 0 Å². The Morgan fingerprint density at radius 2 is 0.613 bits per heavy atom. The Labute approximate surface area is 389 Å². The zero-order chi connectivity index (χ0) is 44.9. The standard InChI is InChI=1S/C58H113NO3/c1-3-5-7-9-11-13-15-17-19-21-23-25-27-28-29-30-32-34-36-38-40-42-44-46-48-50-52-54-58(62)59-56(55-60)57(61)53-51-49-47-45-43-41-39-37-35-33-31-26-24-22-20-18-16-14-12-10-8-6-4-2/h28-29,51,53,56-57,60-61H,3-27,30-50,52,54-55H2,1-2H3,(H,59,62)/b29-28-,53-51+. The molecular weight excluding hydrogens is 759 g/mol. The van der Waals surface area contributed by atoms with Crippen molar-refractivity contribution in [3.8, 4) is 0 Å². The maximum absolute atomic E-state index is 12.5. The van der Waals surface area contributed by atoms with Gasteiger partial charge in [0.25, 0.3) is 0 Å². The second kappa shape index (κ2) is 54.2. The molecular formula is C58H113NO3. The fourth-order valence-corrected chi connectivity index (χ4v) is 9.06. The first-order valence-electron chi connectivity index (χ1n) is 28.6. The molecule has 2 atom stereocenters. The molecule has 0 aromatic carbocycles. The molecule has 2 unspecified atom stereocenters. The van der Waals surface area contributed by atoms with Crippen LogP contribution in [0, 0.1) is 0 Å². The van der Waals surface area contributed by atoms with Crippen molar-refractivity contribution in [3.05, 3.63) is 24.3 Å². The lowest BCUT2D eigenvalue weighted by atomic mass is 10.0. The van der Waals surface area contributed by atoms with Gasteiger partial charge in [0.2, 0.25) is 5.91 Å². The summed E-state index contributed by atoms with van der Waals surface area (Å²) in [5, 5.41) is 23.2. The zero-order valence-electron chi connectivity index (χ0n) is 42.4. The summed E-state index contributed by atoms with van der Waals surface area (Å²) in [7, 11) is 0. The molecule has 0 spiro atoms. The largest absolute Gasteiger partial charge is 0.394 e. The van der Waals surface area contributed by atoms with Crippen molar-refractivity contribution >= 4 is 5.91 Å². The predicted octanol–water partition coefficient (Wildman–Crippen LogP) is 18.7. The van der Waals surface area contributed by atoms with Gasteiger partial charge in [-0.2, -0.15) is 0 Å². The highest BCUT2D eigenvalue weighted by molar-refractivity contribution is 5.76. The van der Waals surface area contributed by atoms with Gasteiger partial charge in [-0.25, -0.2) is 0 Å². The van der Waals surface area contributed by atoms with Gasteiger partial charge in [0.15, 0.2) is 0 Å². The molecule has 0 aromatic rings. The van der Waals surface area contributed by atoms with Crippen molar-refractivity contribution in [2.75, 3.05) is 6.61 Å². The smallest absolute Gasteiger partial charge is 0.220 e. The topological polar surface area (TPSA) is 69.6 Å². The van der Waals surface area contributed by atoms with Gasteiger partial charge in [0, 0.05) is 6.42 Å². The summed E-state index contributed by atoms with van der Waals surface area (Å²) >= 11 is 0. The third kappa shape index (κ3) is 49.9. The summed E-state index contributed by atoms with van der Waals surface area (Å²) in [6.07, 6.45) is 72.0. The number of carbonyl (C=O) groups is 1. The van der Waals surface area contributed by atoms with Crippen molar-refractivity contribution in [1.82, 2.24) is 5.32 Å². The molecule has 4 nitrogen and oxygen atoms in total. The molecule has 0 bridgehead atoms. The molecule has 1 amide bonds. The Kier molecular flexibility index (Phi) is 53.2. The van der Waals surface area contributed by atoms with Gasteiger partial charge in [0.05, 0.1) is 18.8 Å². The maximum Gasteiger partial charge on any atom is 0.220 e. The van der Waals surface area contributed by atoms with Crippen LogP contribution >= 0.6 is 0 Å². The predicted molar refractivity (Wildman–Crippen MR) is 276 cm³/mol. The average molecular weight is 873 g/mol. The van der Waals surface area contributed by atoms with Crippen LogP contribution in [0.5, 0.6) is 0 Å². The average Bonchev–Trinajstić information content (AvgIpc) is 3.28. The highest BCUT2D eigenvalue weighted by Gasteiger charge is 2.18. The fourth-order valence-electron chi connectivity index (χ4n) is 9.06. The second-order valence-corrected chi connectivity index (χ2v) is 19.7. The van der Waals surface area contributed by atoms with Crippen LogP contribution in [0.4, 0.5) is 0 Å². The van der Waals surface area contributed by atoms with Crippen LogP contribution in [-0.2, 0) is 4.79 Å². The van der Waals surface area contributed by atoms with Crippen molar-refractivity contribution < 1.29 is 15.0 Å². The van der Waals surface area contributed by atoms with Gasteiger partial charge < -0.3 is 15.5 Å². The first kappa shape index (κ1) is 60.9. The van der Waals surface area contributed by atoms with Gasteiger partial charge in [0.1, 0.15) is 0 Å². The minimum Gasteiger partial charge on any atom is -0.394 e. The molecule has 0 aromatic heterocycles. The van der Waals surface area contributed by atoms with Gasteiger partial charge in [-0.15, -0.1) is 0 Å². The van der Waals surface area contributed by atoms with Crippen LogP contribution in [-0.4, -0.2) is 34.9 Å². The number of aliphatic hydroxyl groups excluding tert-OH is 2. The summed E-state index contributed by atoms with van der Waals surface area (Å²) in [5.74, 6) is -0.0593. The first-order chi connectivity index (χ1) is 30.7. The minimum atomic E-state index is -0.838. The Balaban J connectivity index is 3.47. The van der Waals surface area contributed by atoms with Crippen LogP contribution in [0.25, 0.3) is 0 Å². The lowest BCUT2D eigenvalue weighted by Gasteiger charge is -2.20. The highest BCUT2D eigenvalue weighted by atomic mass is 16.3. The van der Waals surface area contributed by atoms with Crippen molar-refractivity contribution in [2.45, 2.75) is 334 Å². The van der Waals surface area contributed by atoms with E-state index < -0.39 is 12.1 Å². The maximum atomic E-state index is 12.5. The van der Waals surface area contributed by atoms with E-state index in [-0.39, 0.29) is 12.5 Å². The molecule has 0 saturated heterocycles. The monoisotopic (exact) mass is 872 g/mol. The lowest BCUT2D eigenvalue weighted by molar-refractivity contribution is -0.123. The third-order valence-electron chi connectivity index (χ3n) is 13.4. The summed E-state index contributed by atoms with van der Waals surface area (Å²) in [6, 6.07) is -0.621. The summed E-state index contributed by atoms with van der Waals surface area (Å²) in [4.78, 5) is 12.5. The van der Waals surface area contributed by atoms with Crippen LogP contribution in [0.3, 0.4) is 0 Å². The normalized spacial score (nSPS) is 12.9. The van der Waals surface area contributed by atoms with Gasteiger partial charge in [-0.3, -0.25) is 4.79 Å². The van der Waals surface area contributed by atoms with E-state index in [1.165, 1.54) is 276 Å². The molecule has 4 heteroatoms. The number of hydrogen-bond donors (Lipinski definition) is 3. The number of aliphatic hydroxyl groups is 2. The molecule has 0 aliphatic heterocycles. The van der Waals surface area contributed by atoms with Gasteiger partial charge in [-0.05, 0) is 44.9 Å². The van der Waals surface area contributed by atoms with E-state index in [0.717, 1.165) is 25.7 Å². The number of carbonyl (C=O) groups excluding carboxylic acids is 1. The molecule has 0 saturated carbocycles. The van der Waals surface area contributed by atoms with E-state index in [2.05, 4.69) is 31.3 Å². The molecule has 0 aliphatic rings. The van der Waals surface area contributed by atoms with Crippen molar-refractivity contribution in [2.24, 2.45) is 0 Å². The summed E-state index contributed by atoms with van der Waals surface area (Å²) in [6.45, 7) is 4.35. The molecule has 0 radical (unpaired) electrons. The van der Waals surface area contributed by atoms with Crippen LogP contribution in [0.15, 0.2) is 24.3 Å². The van der Waals surface area contributed by atoms with Crippen molar-refractivity contribution in [3.63, 3.8) is 0 Å². The lowest BCUT2D eigenvalue weighted by Crippen LogP contribution is -2.45. The summed E-state index contributed by atoms with van der Waals surface area (Å²) < 4.78 is 0. The SMILES string of the molecule is CCCCCCCCCCCCCC/C=C\CCCCCCCCCCCCCC(=O)NC(CO)C(O)/C=C/CCCCCCCCCCCCCCCCCCCCCCC. The van der Waals surface area contributed by atoms with E-state index in [9.17, 15) is 15.0 Å². The third-order valence-corrected chi connectivity index (χ3v) is 13.4. The molecule has 368 valence electrons. The number of unbranched alkanes of at least 4 members (excludes halogenated alkanes) is 44. The Bertz CT molecular complexity index is 901. The fraction of sp³-hybridized carbons (Fsp3) is 0.914. The number of allylic oxidation sites excluding steroid dienone is 3. The Hall–Kier alpha value is -1.13. The molecule has 62 heavy (non-hydrogen) atoms. The molecule has 0 rings (SSSR count). The number of amides is 1. The van der Waals surface area contributed by atoms with Gasteiger partial charge >= 0.3 is 0 Å². The summed E-state index contributed by atoms with van der Waals surface area (Å²) in [5.41, 5.74) is 0.